The number of nitrogens with zero attached hydrogens (tertiary/aromatic N) is 5. The van der Waals surface area contributed by atoms with E-state index in [1.54, 1.807) is 23.0 Å². The summed E-state index contributed by atoms with van der Waals surface area (Å²) in [5.41, 5.74) is 1.67. The molecule has 2 atom stereocenters. The van der Waals surface area contributed by atoms with Crippen molar-refractivity contribution in [3.8, 4) is 5.69 Å². The van der Waals surface area contributed by atoms with E-state index in [9.17, 15) is 4.79 Å². The zero-order chi connectivity index (χ0) is 20.2. The van der Waals surface area contributed by atoms with Crippen molar-refractivity contribution in [3.05, 3.63) is 65.5 Å². The lowest BCUT2D eigenvalue weighted by Crippen LogP contribution is -2.22. The molecule has 0 spiro atoms. The predicted molar refractivity (Wildman–Crippen MR) is 115 cm³/mol. The van der Waals surface area contributed by atoms with Gasteiger partial charge in [-0.3, -0.25) is 9.36 Å². The van der Waals surface area contributed by atoms with Gasteiger partial charge in [-0.25, -0.2) is 15.0 Å². The maximum absolute atomic E-state index is 11.9. The molecule has 150 valence electrons. The topological polar surface area (TPSA) is 88.0 Å². The minimum Gasteiger partial charge on any atom is -0.375 e. The Morgan fingerprint density at radius 1 is 0.966 bits per heavy atom. The SMILES string of the molecule is CN(C)c1cnc(N[C@H]2CC[C@H](Nc3ccc(-n4ccccc4=O)cn3)C2)nc1. The van der Waals surface area contributed by atoms with Gasteiger partial charge in [0.1, 0.15) is 5.82 Å². The van der Waals surface area contributed by atoms with Gasteiger partial charge in [0.15, 0.2) is 0 Å². The van der Waals surface area contributed by atoms with E-state index in [4.69, 9.17) is 0 Å². The predicted octanol–water partition coefficient (Wildman–Crippen LogP) is 2.53. The number of aromatic nitrogens is 4. The van der Waals surface area contributed by atoms with Gasteiger partial charge in [0.25, 0.3) is 5.56 Å². The van der Waals surface area contributed by atoms with Crippen LogP contribution >= 0.6 is 0 Å². The van der Waals surface area contributed by atoms with Crippen molar-refractivity contribution in [2.45, 2.75) is 31.3 Å². The van der Waals surface area contributed by atoms with Gasteiger partial charge in [0, 0.05) is 38.4 Å². The molecule has 3 heterocycles. The van der Waals surface area contributed by atoms with Gasteiger partial charge >= 0.3 is 0 Å². The van der Waals surface area contributed by atoms with E-state index < -0.39 is 0 Å². The first-order valence-corrected chi connectivity index (χ1v) is 9.75. The van der Waals surface area contributed by atoms with Gasteiger partial charge in [0.2, 0.25) is 5.95 Å². The third kappa shape index (κ3) is 4.53. The first-order valence-electron chi connectivity index (χ1n) is 9.75. The molecule has 1 aliphatic carbocycles. The highest BCUT2D eigenvalue weighted by Crippen LogP contribution is 2.25. The molecule has 0 aliphatic heterocycles. The van der Waals surface area contributed by atoms with Crippen LogP contribution in [0.25, 0.3) is 5.69 Å². The number of nitrogens with one attached hydrogen (secondary N) is 2. The van der Waals surface area contributed by atoms with Crippen molar-refractivity contribution in [3.63, 3.8) is 0 Å². The fraction of sp³-hybridized carbons (Fsp3) is 0.333. The molecule has 0 unspecified atom stereocenters. The van der Waals surface area contributed by atoms with Gasteiger partial charge in [-0.05, 0) is 37.5 Å². The highest BCUT2D eigenvalue weighted by molar-refractivity contribution is 5.44. The Kier molecular flexibility index (Phi) is 5.41. The molecule has 2 N–H and O–H groups in total. The summed E-state index contributed by atoms with van der Waals surface area (Å²) >= 11 is 0. The van der Waals surface area contributed by atoms with Gasteiger partial charge in [-0.2, -0.15) is 0 Å². The molecule has 3 aromatic rings. The van der Waals surface area contributed by atoms with E-state index in [0.717, 1.165) is 36.5 Å². The molecular formula is C21H25N7O. The van der Waals surface area contributed by atoms with Crippen molar-refractivity contribution in [1.82, 2.24) is 19.5 Å². The van der Waals surface area contributed by atoms with E-state index in [1.807, 2.05) is 49.6 Å². The van der Waals surface area contributed by atoms with Crippen molar-refractivity contribution in [1.29, 1.82) is 0 Å². The minimum absolute atomic E-state index is 0.0689. The molecule has 0 aromatic carbocycles. The van der Waals surface area contributed by atoms with Crippen molar-refractivity contribution in [2.24, 2.45) is 0 Å². The lowest BCUT2D eigenvalue weighted by Gasteiger charge is -2.16. The first-order chi connectivity index (χ1) is 14.1. The standard InChI is InChI=1S/C21H25N7O/c1-27(2)18-13-23-21(24-14-18)26-16-7-6-15(11-16)25-19-9-8-17(12-22-19)28-10-4-3-5-20(28)29/h3-5,8-10,12-16H,6-7,11H2,1-2H3,(H,22,25)(H,23,24,26)/t15-,16-/m0/s1. The molecule has 29 heavy (non-hydrogen) atoms. The molecule has 8 nitrogen and oxygen atoms in total. The Bertz CT molecular complexity index is 999. The van der Waals surface area contributed by atoms with Crippen molar-refractivity contribution >= 4 is 17.5 Å². The Balaban J connectivity index is 1.33. The summed E-state index contributed by atoms with van der Waals surface area (Å²) in [5.74, 6) is 1.48. The molecule has 1 saturated carbocycles. The number of pyridine rings is 2. The lowest BCUT2D eigenvalue weighted by molar-refractivity contribution is 0.716. The van der Waals surface area contributed by atoms with Crippen LogP contribution in [0.4, 0.5) is 17.5 Å². The lowest BCUT2D eigenvalue weighted by atomic mass is 10.2. The Hall–Kier alpha value is -3.42. The minimum atomic E-state index is -0.0689. The monoisotopic (exact) mass is 391 g/mol. The van der Waals surface area contributed by atoms with Crippen LogP contribution in [0.15, 0.2) is 59.9 Å². The Morgan fingerprint density at radius 3 is 2.38 bits per heavy atom. The zero-order valence-corrected chi connectivity index (χ0v) is 16.6. The second kappa shape index (κ2) is 8.30. The van der Waals surface area contributed by atoms with Crippen LogP contribution in [0.1, 0.15) is 19.3 Å². The summed E-state index contributed by atoms with van der Waals surface area (Å²) in [6.07, 6.45) is 10.2. The van der Waals surface area contributed by atoms with Gasteiger partial charge in [-0.15, -0.1) is 0 Å². The molecule has 8 heteroatoms. The number of rotatable bonds is 6. The van der Waals surface area contributed by atoms with Crippen molar-refractivity contribution < 1.29 is 0 Å². The molecule has 4 rings (SSSR count). The zero-order valence-electron chi connectivity index (χ0n) is 16.6. The average molecular weight is 391 g/mol. The molecule has 0 amide bonds. The van der Waals surface area contributed by atoms with E-state index in [1.165, 1.54) is 6.07 Å². The maximum atomic E-state index is 11.9. The van der Waals surface area contributed by atoms with Crippen LogP contribution in [0, 0.1) is 0 Å². The largest absolute Gasteiger partial charge is 0.375 e. The van der Waals surface area contributed by atoms with Gasteiger partial charge < -0.3 is 15.5 Å². The van der Waals surface area contributed by atoms with Crippen LogP contribution in [-0.4, -0.2) is 45.7 Å². The quantitative estimate of drug-likeness (QED) is 0.667. The summed E-state index contributed by atoms with van der Waals surface area (Å²) in [5, 5.41) is 6.91. The van der Waals surface area contributed by atoms with Gasteiger partial charge in [-0.1, -0.05) is 6.07 Å². The van der Waals surface area contributed by atoms with Crippen LogP contribution in [0.3, 0.4) is 0 Å². The van der Waals surface area contributed by atoms with Crippen LogP contribution in [-0.2, 0) is 0 Å². The summed E-state index contributed by atoms with van der Waals surface area (Å²) in [7, 11) is 3.94. The molecule has 0 radical (unpaired) electrons. The average Bonchev–Trinajstić information content (AvgIpc) is 3.16. The Morgan fingerprint density at radius 2 is 1.72 bits per heavy atom. The smallest absolute Gasteiger partial charge is 0.255 e. The molecule has 1 aliphatic rings. The summed E-state index contributed by atoms with van der Waals surface area (Å²) < 4.78 is 1.58. The molecule has 1 fully saturated rings. The fourth-order valence-corrected chi connectivity index (χ4v) is 3.52. The maximum Gasteiger partial charge on any atom is 0.255 e. The molecule has 0 saturated heterocycles. The summed E-state index contributed by atoms with van der Waals surface area (Å²) in [4.78, 5) is 27.2. The third-order valence-electron chi connectivity index (χ3n) is 5.12. The number of hydrogen-bond donors (Lipinski definition) is 2. The van der Waals surface area contributed by atoms with Crippen molar-refractivity contribution in [2.75, 3.05) is 29.6 Å². The van der Waals surface area contributed by atoms with E-state index in [2.05, 4.69) is 25.6 Å². The second-order valence-corrected chi connectivity index (χ2v) is 7.47. The number of hydrogen-bond acceptors (Lipinski definition) is 7. The number of anilines is 3. The normalized spacial score (nSPS) is 18.4. The molecule has 0 bridgehead atoms. The molecule has 3 aromatic heterocycles. The van der Waals surface area contributed by atoms with E-state index in [-0.39, 0.29) is 5.56 Å². The first kappa shape index (κ1) is 18.9. The van der Waals surface area contributed by atoms with E-state index in [0.29, 0.717) is 18.0 Å². The highest BCUT2D eigenvalue weighted by Gasteiger charge is 2.25. The van der Waals surface area contributed by atoms with E-state index >= 15 is 0 Å². The molecular weight excluding hydrogens is 366 g/mol. The third-order valence-corrected chi connectivity index (χ3v) is 5.12. The van der Waals surface area contributed by atoms with Crippen LogP contribution < -0.4 is 21.1 Å². The highest BCUT2D eigenvalue weighted by atomic mass is 16.1. The van der Waals surface area contributed by atoms with Crippen LogP contribution in [0.5, 0.6) is 0 Å². The summed E-state index contributed by atoms with van der Waals surface area (Å²) in [6.45, 7) is 0. The second-order valence-electron chi connectivity index (χ2n) is 7.47. The Labute approximate surface area is 169 Å². The van der Waals surface area contributed by atoms with Crippen LogP contribution in [0.2, 0.25) is 0 Å². The van der Waals surface area contributed by atoms with Gasteiger partial charge in [0.05, 0.1) is 30.0 Å². The summed E-state index contributed by atoms with van der Waals surface area (Å²) in [6, 6.07) is 9.59. The fourth-order valence-electron chi connectivity index (χ4n) is 3.52.